The van der Waals surface area contributed by atoms with E-state index in [0.717, 1.165) is 10.7 Å². The maximum absolute atomic E-state index is 12.4. The maximum Gasteiger partial charge on any atom is 0.308 e. The van der Waals surface area contributed by atoms with E-state index < -0.39 is 0 Å². The van der Waals surface area contributed by atoms with Crippen LogP contribution in [0, 0.1) is 5.92 Å². The van der Waals surface area contributed by atoms with Crippen LogP contribution in [0.25, 0.3) is 10.8 Å². The molecule has 0 unspecified atom stereocenters. The summed E-state index contributed by atoms with van der Waals surface area (Å²) in [7, 11) is 1.40. The lowest BCUT2D eigenvalue weighted by molar-refractivity contribution is -0.148. The third kappa shape index (κ3) is 3.61. The lowest BCUT2D eigenvalue weighted by Crippen LogP contribution is -2.41. The van der Waals surface area contributed by atoms with Crippen molar-refractivity contribution in [3.8, 4) is 10.8 Å². The van der Waals surface area contributed by atoms with E-state index in [9.17, 15) is 9.59 Å². The predicted molar refractivity (Wildman–Crippen MR) is 84.8 cm³/mol. The molecule has 0 bridgehead atoms. The van der Waals surface area contributed by atoms with Gasteiger partial charge in [-0.25, -0.2) is 4.98 Å². The lowest BCUT2D eigenvalue weighted by Gasteiger charge is -2.30. The van der Waals surface area contributed by atoms with Crippen LogP contribution in [0.1, 0.15) is 18.5 Å². The van der Waals surface area contributed by atoms with Gasteiger partial charge in [-0.15, -0.1) is 11.3 Å². The molecule has 1 aliphatic heterocycles. The number of amides is 1. The zero-order valence-corrected chi connectivity index (χ0v) is 13.7. The number of rotatable bonds is 4. The van der Waals surface area contributed by atoms with Gasteiger partial charge in [0.1, 0.15) is 0 Å². The van der Waals surface area contributed by atoms with Gasteiger partial charge in [-0.3, -0.25) is 9.59 Å². The maximum atomic E-state index is 12.4. The number of thiazole rings is 1. The smallest absolute Gasteiger partial charge is 0.308 e. The third-order valence-electron chi connectivity index (χ3n) is 4.00. The largest absolute Gasteiger partial charge is 0.469 e. The van der Waals surface area contributed by atoms with Crippen molar-refractivity contribution in [2.75, 3.05) is 20.2 Å². The zero-order chi connectivity index (χ0) is 16.2. The Hall–Kier alpha value is -2.15. The van der Waals surface area contributed by atoms with E-state index in [-0.39, 0.29) is 24.2 Å². The highest BCUT2D eigenvalue weighted by atomic mass is 32.1. The third-order valence-corrected chi connectivity index (χ3v) is 4.90. The number of likely N-dealkylation sites (tertiary alicyclic amines) is 1. The second-order valence-electron chi connectivity index (χ2n) is 5.48. The Morgan fingerprint density at radius 3 is 2.87 bits per heavy atom. The first-order chi connectivity index (χ1) is 11.2. The van der Waals surface area contributed by atoms with Gasteiger partial charge in [0.25, 0.3) is 0 Å². The first-order valence-electron chi connectivity index (χ1n) is 7.51. The molecule has 7 heteroatoms. The van der Waals surface area contributed by atoms with Crippen molar-refractivity contribution >= 4 is 23.2 Å². The summed E-state index contributed by atoms with van der Waals surface area (Å²) in [5.41, 5.74) is 0.751. The van der Waals surface area contributed by atoms with E-state index in [1.165, 1.54) is 18.4 Å². The minimum Gasteiger partial charge on any atom is -0.469 e. The second-order valence-corrected chi connectivity index (χ2v) is 6.33. The molecule has 1 amide bonds. The first-order valence-corrected chi connectivity index (χ1v) is 8.39. The number of hydrogen-bond donors (Lipinski definition) is 0. The van der Waals surface area contributed by atoms with Crippen molar-refractivity contribution < 1.29 is 18.7 Å². The number of furan rings is 1. The summed E-state index contributed by atoms with van der Waals surface area (Å²) in [6.45, 7) is 1.18. The summed E-state index contributed by atoms with van der Waals surface area (Å²) in [4.78, 5) is 30.1. The van der Waals surface area contributed by atoms with Crippen LogP contribution in [-0.4, -0.2) is 42.0 Å². The highest BCUT2D eigenvalue weighted by molar-refractivity contribution is 7.13. The molecular weight excluding hydrogens is 316 g/mol. The molecule has 6 nitrogen and oxygen atoms in total. The van der Waals surface area contributed by atoms with Gasteiger partial charge in [0.2, 0.25) is 5.91 Å². The van der Waals surface area contributed by atoms with Crippen LogP contribution in [0.3, 0.4) is 0 Å². The average molecular weight is 334 g/mol. The Balaban J connectivity index is 1.55. The predicted octanol–water partition coefficient (Wildman–Crippen LogP) is 2.36. The normalized spacial score (nSPS) is 15.6. The number of methoxy groups -OCH3 is 1. The zero-order valence-electron chi connectivity index (χ0n) is 12.9. The number of carbonyl (C=O) groups excluding carboxylic acids is 2. The molecule has 0 aromatic carbocycles. The highest BCUT2D eigenvalue weighted by Crippen LogP contribution is 2.25. The quantitative estimate of drug-likeness (QED) is 0.803. The lowest BCUT2D eigenvalue weighted by atomic mass is 9.97. The molecule has 2 aromatic rings. The standard InChI is InChI=1S/C16H18N2O4S/c1-21-16(20)11-4-6-18(7-5-11)14(19)9-12-10-23-15(17-12)13-3-2-8-22-13/h2-3,8,10-11H,4-7,9H2,1H3. The van der Waals surface area contributed by atoms with Gasteiger partial charge in [0.05, 0.1) is 31.4 Å². The summed E-state index contributed by atoms with van der Waals surface area (Å²) in [5.74, 6) is 0.491. The summed E-state index contributed by atoms with van der Waals surface area (Å²) in [6.07, 6.45) is 3.20. The molecule has 1 saturated heterocycles. The molecule has 2 aromatic heterocycles. The molecule has 1 aliphatic rings. The number of ether oxygens (including phenoxy) is 1. The summed E-state index contributed by atoms with van der Waals surface area (Å²) >= 11 is 1.47. The van der Waals surface area contributed by atoms with Crippen molar-refractivity contribution in [2.45, 2.75) is 19.3 Å². The topological polar surface area (TPSA) is 72.6 Å². The number of carbonyl (C=O) groups is 2. The summed E-state index contributed by atoms with van der Waals surface area (Å²) < 4.78 is 10.1. The van der Waals surface area contributed by atoms with Crippen LogP contribution in [0.15, 0.2) is 28.2 Å². The number of piperidine rings is 1. The SMILES string of the molecule is COC(=O)C1CCN(C(=O)Cc2csc(-c3ccco3)n2)CC1. The van der Waals surface area contributed by atoms with E-state index in [4.69, 9.17) is 9.15 Å². The van der Waals surface area contributed by atoms with E-state index in [0.29, 0.717) is 31.7 Å². The number of esters is 1. The number of hydrogen-bond acceptors (Lipinski definition) is 6. The van der Waals surface area contributed by atoms with Gasteiger partial charge in [-0.05, 0) is 25.0 Å². The van der Waals surface area contributed by atoms with Crippen LogP contribution in [0.5, 0.6) is 0 Å². The molecule has 122 valence electrons. The molecule has 1 fully saturated rings. The monoisotopic (exact) mass is 334 g/mol. The van der Waals surface area contributed by atoms with Crippen LogP contribution in [0.2, 0.25) is 0 Å². The van der Waals surface area contributed by atoms with Crippen molar-refractivity contribution in [1.29, 1.82) is 0 Å². The minimum atomic E-state index is -0.181. The van der Waals surface area contributed by atoms with E-state index in [1.807, 2.05) is 17.5 Å². The van der Waals surface area contributed by atoms with Crippen LogP contribution in [-0.2, 0) is 20.7 Å². The fourth-order valence-electron chi connectivity index (χ4n) is 2.70. The van der Waals surface area contributed by atoms with Gasteiger partial charge in [0, 0.05) is 18.5 Å². The van der Waals surface area contributed by atoms with Gasteiger partial charge in [-0.2, -0.15) is 0 Å². The van der Waals surface area contributed by atoms with E-state index in [1.54, 1.807) is 11.2 Å². The van der Waals surface area contributed by atoms with E-state index >= 15 is 0 Å². The van der Waals surface area contributed by atoms with Crippen molar-refractivity contribution in [3.05, 3.63) is 29.5 Å². The van der Waals surface area contributed by atoms with Crippen molar-refractivity contribution in [1.82, 2.24) is 9.88 Å². The Labute approximate surface area is 138 Å². The fraction of sp³-hybridized carbons (Fsp3) is 0.438. The minimum absolute atomic E-state index is 0.0459. The van der Waals surface area contributed by atoms with Gasteiger partial charge in [-0.1, -0.05) is 0 Å². The van der Waals surface area contributed by atoms with Crippen LogP contribution < -0.4 is 0 Å². The fourth-order valence-corrected chi connectivity index (χ4v) is 3.49. The number of nitrogens with zero attached hydrogens (tertiary/aromatic N) is 2. The molecule has 0 aliphatic carbocycles. The van der Waals surface area contributed by atoms with Crippen molar-refractivity contribution in [3.63, 3.8) is 0 Å². The van der Waals surface area contributed by atoms with Gasteiger partial charge >= 0.3 is 5.97 Å². The average Bonchev–Trinajstić information content (AvgIpc) is 3.25. The molecule has 0 atom stereocenters. The van der Waals surface area contributed by atoms with Crippen LogP contribution >= 0.6 is 11.3 Å². The highest BCUT2D eigenvalue weighted by Gasteiger charge is 2.28. The Kier molecular flexibility index (Phi) is 4.76. The first kappa shape index (κ1) is 15.7. The molecule has 0 spiro atoms. The molecular formula is C16H18N2O4S. The Bertz CT molecular complexity index is 672. The summed E-state index contributed by atoms with van der Waals surface area (Å²) in [5, 5.41) is 2.67. The van der Waals surface area contributed by atoms with Gasteiger partial charge in [0.15, 0.2) is 10.8 Å². The van der Waals surface area contributed by atoms with Crippen molar-refractivity contribution in [2.24, 2.45) is 5.92 Å². The van der Waals surface area contributed by atoms with E-state index in [2.05, 4.69) is 4.98 Å². The Morgan fingerprint density at radius 2 is 2.22 bits per heavy atom. The van der Waals surface area contributed by atoms with Gasteiger partial charge < -0.3 is 14.1 Å². The van der Waals surface area contributed by atoms with Crippen LogP contribution in [0.4, 0.5) is 0 Å². The second kappa shape index (κ2) is 6.95. The molecule has 0 saturated carbocycles. The molecule has 3 rings (SSSR count). The molecule has 0 radical (unpaired) electrons. The molecule has 23 heavy (non-hydrogen) atoms. The molecule has 0 N–H and O–H groups in total. The summed E-state index contributed by atoms with van der Waals surface area (Å²) in [6, 6.07) is 3.66. The number of aromatic nitrogens is 1. The Morgan fingerprint density at radius 1 is 1.43 bits per heavy atom. The molecule has 3 heterocycles.